The van der Waals surface area contributed by atoms with Gasteiger partial charge < -0.3 is 0 Å². The van der Waals surface area contributed by atoms with Crippen LogP contribution in [0.1, 0.15) is 25.0 Å². The minimum Gasteiger partial charge on any atom is -0.0683 e. The molecule has 4 rings (SSSR count). The van der Waals surface area contributed by atoms with E-state index in [1.165, 1.54) is 44.5 Å². The first-order valence-corrected chi connectivity index (χ1v) is 10.0. The zero-order valence-electron chi connectivity index (χ0n) is 17.2. The van der Waals surface area contributed by atoms with Crippen LogP contribution >= 0.6 is 0 Å². The van der Waals surface area contributed by atoms with E-state index in [1.54, 1.807) is 0 Å². The third kappa shape index (κ3) is 4.58. The van der Waals surface area contributed by atoms with Gasteiger partial charge in [0, 0.05) is 0 Å². The molecule has 0 atom stereocenters. The molecular weight excluding hydrogens is 336 g/mol. The van der Waals surface area contributed by atoms with Gasteiger partial charge in [-0.25, -0.2) is 0 Å². The minimum atomic E-state index is 1.25. The van der Waals surface area contributed by atoms with Crippen LogP contribution in [-0.4, -0.2) is 0 Å². The summed E-state index contributed by atoms with van der Waals surface area (Å²) >= 11 is 0. The highest BCUT2D eigenvalue weighted by Gasteiger charge is 2.07. The Morgan fingerprint density at radius 2 is 0.679 bits per heavy atom. The van der Waals surface area contributed by atoms with E-state index >= 15 is 0 Å². The largest absolute Gasteiger partial charge is 0.0683 e. The average molecular weight is 365 g/mol. The summed E-state index contributed by atoms with van der Waals surface area (Å²) in [5.74, 6) is 0. The standard InChI is InChI=1S/C26H22.C2H6/c1-19-8-12-22(13-9-19)25-16-24(21-6-4-3-5-7-21)17-26(18-25)23-14-10-20(2)11-15-23;1-2/h3-18H,1-2H3;1-2H3. The highest BCUT2D eigenvalue weighted by Crippen LogP contribution is 2.33. The van der Waals surface area contributed by atoms with Crippen molar-refractivity contribution in [1.29, 1.82) is 0 Å². The smallest absolute Gasteiger partial charge is 0.0172 e. The fraction of sp³-hybridized carbons (Fsp3) is 0.143. The number of aryl methyl sites for hydroxylation is 2. The lowest BCUT2D eigenvalue weighted by Gasteiger charge is -2.12. The van der Waals surface area contributed by atoms with Crippen LogP contribution in [0, 0.1) is 13.8 Å². The van der Waals surface area contributed by atoms with Gasteiger partial charge in [0.05, 0.1) is 0 Å². The molecule has 0 bridgehead atoms. The Hall–Kier alpha value is -3.12. The maximum absolute atomic E-state index is 2.29. The quantitative estimate of drug-likeness (QED) is 0.343. The van der Waals surface area contributed by atoms with Gasteiger partial charge in [0.15, 0.2) is 0 Å². The van der Waals surface area contributed by atoms with Crippen LogP contribution in [-0.2, 0) is 0 Å². The lowest BCUT2D eigenvalue weighted by atomic mass is 9.93. The zero-order valence-corrected chi connectivity index (χ0v) is 17.2. The molecule has 4 aromatic carbocycles. The van der Waals surface area contributed by atoms with E-state index in [4.69, 9.17) is 0 Å². The number of hydrogen-bond acceptors (Lipinski definition) is 0. The Balaban J connectivity index is 0.00000109. The summed E-state index contributed by atoms with van der Waals surface area (Å²) in [7, 11) is 0. The minimum absolute atomic E-state index is 1.25. The van der Waals surface area contributed by atoms with Crippen molar-refractivity contribution in [3.05, 3.63) is 108 Å². The van der Waals surface area contributed by atoms with E-state index in [1.807, 2.05) is 13.8 Å². The number of benzene rings is 4. The average Bonchev–Trinajstić information content (AvgIpc) is 2.76. The highest BCUT2D eigenvalue weighted by atomic mass is 14.1. The Morgan fingerprint density at radius 1 is 0.357 bits per heavy atom. The molecule has 0 fully saturated rings. The molecule has 0 aliphatic heterocycles. The van der Waals surface area contributed by atoms with Crippen molar-refractivity contribution >= 4 is 0 Å². The highest BCUT2D eigenvalue weighted by molar-refractivity contribution is 5.81. The lowest BCUT2D eigenvalue weighted by Crippen LogP contribution is -1.86. The van der Waals surface area contributed by atoms with Crippen LogP contribution in [0.25, 0.3) is 33.4 Å². The molecule has 0 aliphatic rings. The van der Waals surface area contributed by atoms with Crippen LogP contribution in [0.2, 0.25) is 0 Å². The van der Waals surface area contributed by atoms with E-state index in [9.17, 15) is 0 Å². The summed E-state index contributed by atoms with van der Waals surface area (Å²) in [6, 6.07) is 35.0. The predicted molar refractivity (Wildman–Crippen MR) is 124 cm³/mol. The molecule has 0 saturated carbocycles. The van der Waals surface area contributed by atoms with Crippen LogP contribution < -0.4 is 0 Å². The lowest BCUT2D eigenvalue weighted by molar-refractivity contribution is 1.46. The molecule has 28 heavy (non-hydrogen) atoms. The normalized spacial score (nSPS) is 10.1. The van der Waals surface area contributed by atoms with Gasteiger partial charge in [-0.2, -0.15) is 0 Å². The van der Waals surface area contributed by atoms with Crippen LogP contribution in [0.15, 0.2) is 97.1 Å². The molecule has 0 radical (unpaired) electrons. The molecule has 0 saturated heterocycles. The topological polar surface area (TPSA) is 0 Å². The molecule has 0 heteroatoms. The van der Waals surface area contributed by atoms with Crippen molar-refractivity contribution in [2.45, 2.75) is 27.7 Å². The van der Waals surface area contributed by atoms with Gasteiger partial charge >= 0.3 is 0 Å². The van der Waals surface area contributed by atoms with Crippen molar-refractivity contribution in [2.24, 2.45) is 0 Å². The molecule has 0 aromatic heterocycles. The first-order chi connectivity index (χ1) is 13.7. The molecule has 0 nitrogen and oxygen atoms in total. The molecule has 0 heterocycles. The van der Waals surface area contributed by atoms with Crippen LogP contribution in [0.4, 0.5) is 0 Å². The summed E-state index contributed by atoms with van der Waals surface area (Å²) in [4.78, 5) is 0. The predicted octanol–water partition coefficient (Wildman–Crippen LogP) is 8.33. The SMILES string of the molecule is CC.Cc1ccc(-c2cc(-c3ccccc3)cc(-c3ccc(C)cc3)c2)cc1. The molecule has 0 N–H and O–H groups in total. The van der Waals surface area contributed by atoms with Crippen LogP contribution in [0.3, 0.4) is 0 Å². The summed E-state index contributed by atoms with van der Waals surface area (Å²) < 4.78 is 0. The third-order valence-corrected chi connectivity index (χ3v) is 4.81. The second kappa shape index (κ2) is 9.19. The van der Waals surface area contributed by atoms with Gasteiger partial charge in [0.25, 0.3) is 0 Å². The van der Waals surface area contributed by atoms with E-state index in [2.05, 4.69) is 111 Å². The van der Waals surface area contributed by atoms with E-state index in [0.29, 0.717) is 0 Å². The van der Waals surface area contributed by atoms with Crippen LogP contribution in [0.5, 0.6) is 0 Å². The fourth-order valence-electron chi connectivity index (χ4n) is 3.25. The monoisotopic (exact) mass is 364 g/mol. The second-order valence-electron chi connectivity index (χ2n) is 6.90. The molecule has 0 unspecified atom stereocenters. The molecule has 0 spiro atoms. The first-order valence-electron chi connectivity index (χ1n) is 10.0. The van der Waals surface area contributed by atoms with Gasteiger partial charge in [-0.05, 0) is 65.4 Å². The molecule has 0 amide bonds. The van der Waals surface area contributed by atoms with Crippen molar-refractivity contribution in [1.82, 2.24) is 0 Å². The van der Waals surface area contributed by atoms with Crippen molar-refractivity contribution < 1.29 is 0 Å². The Kier molecular flexibility index (Phi) is 6.45. The molecule has 4 aromatic rings. The first kappa shape index (κ1) is 19.6. The molecule has 0 aliphatic carbocycles. The second-order valence-corrected chi connectivity index (χ2v) is 6.90. The summed E-state index contributed by atoms with van der Waals surface area (Å²) in [6.45, 7) is 8.25. The van der Waals surface area contributed by atoms with Gasteiger partial charge in [0.2, 0.25) is 0 Å². The van der Waals surface area contributed by atoms with Crippen molar-refractivity contribution in [3.63, 3.8) is 0 Å². The number of hydrogen-bond donors (Lipinski definition) is 0. The van der Waals surface area contributed by atoms with E-state index in [-0.39, 0.29) is 0 Å². The fourth-order valence-corrected chi connectivity index (χ4v) is 3.25. The van der Waals surface area contributed by atoms with Gasteiger partial charge in [-0.3, -0.25) is 0 Å². The maximum Gasteiger partial charge on any atom is -0.0172 e. The van der Waals surface area contributed by atoms with E-state index in [0.717, 1.165) is 0 Å². The summed E-state index contributed by atoms with van der Waals surface area (Å²) in [5, 5.41) is 0. The Morgan fingerprint density at radius 3 is 1.04 bits per heavy atom. The maximum atomic E-state index is 2.29. The zero-order chi connectivity index (χ0) is 19.9. The van der Waals surface area contributed by atoms with Crippen molar-refractivity contribution in [3.8, 4) is 33.4 Å². The van der Waals surface area contributed by atoms with E-state index < -0.39 is 0 Å². The van der Waals surface area contributed by atoms with Crippen molar-refractivity contribution in [2.75, 3.05) is 0 Å². The van der Waals surface area contributed by atoms with Gasteiger partial charge in [-0.1, -0.05) is 104 Å². The summed E-state index contributed by atoms with van der Waals surface area (Å²) in [6.07, 6.45) is 0. The van der Waals surface area contributed by atoms with Gasteiger partial charge in [-0.15, -0.1) is 0 Å². The van der Waals surface area contributed by atoms with Gasteiger partial charge in [0.1, 0.15) is 0 Å². The molecular formula is C28H28. The third-order valence-electron chi connectivity index (χ3n) is 4.81. The number of rotatable bonds is 3. The molecule has 140 valence electrons. The summed E-state index contributed by atoms with van der Waals surface area (Å²) in [5.41, 5.74) is 10.1. The Labute approximate surface area is 169 Å². The Bertz CT molecular complexity index is 944.